The minimum atomic E-state index is -5.08. The largest absolute Gasteiger partial charge is 0.490 e. The highest BCUT2D eigenvalue weighted by molar-refractivity contribution is 5.84. The monoisotopic (exact) mass is 460 g/mol. The van der Waals surface area contributed by atoms with Gasteiger partial charge in [-0.25, -0.2) is 9.78 Å². The lowest BCUT2D eigenvalue weighted by atomic mass is 10.0. The second-order valence-electron chi connectivity index (χ2n) is 7.01. The standard InChI is InChI=1S/C20H18N4O2.C2HF3O2/c1-12-5-3-4-6-18(12)26-11-19-22-17-8-7-14(9-15(17)20(25)23-19)16-10-21-24-13(16)2;3-2(4,5)1(6)7/h3-10H,11H2,1-2H3,(H,21,24)(H,22,23,25);(H,6,7). The van der Waals surface area contributed by atoms with Crippen LogP contribution in [0.4, 0.5) is 13.2 Å². The van der Waals surface area contributed by atoms with Crippen molar-refractivity contribution in [3.8, 4) is 16.9 Å². The summed E-state index contributed by atoms with van der Waals surface area (Å²) in [6.07, 6.45) is -3.33. The van der Waals surface area contributed by atoms with Crippen LogP contribution in [0.2, 0.25) is 0 Å². The molecule has 33 heavy (non-hydrogen) atoms. The van der Waals surface area contributed by atoms with Crippen LogP contribution in [0.1, 0.15) is 17.1 Å². The molecule has 0 amide bonds. The van der Waals surface area contributed by atoms with E-state index in [2.05, 4.69) is 20.2 Å². The van der Waals surface area contributed by atoms with E-state index >= 15 is 0 Å². The summed E-state index contributed by atoms with van der Waals surface area (Å²) < 4.78 is 37.5. The minimum Gasteiger partial charge on any atom is -0.485 e. The summed E-state index contributed by atoms with van der Waals surface area (Å²) in [6, 6.07) is 13.4. The van der Waals surface area contributed by atoms with E-state index in [1.165, 1.54) is 0 Å². The van der Waals surface area contributed by atoms with Crippen LogP contribution in [0.5, 0.6) is 5.75 Å². The quantitative estimate of drug-likeness (QED) is 0.421. The third-order valence-electron chi connectivity index (χ3n) is 4.60. The van der Waals surface area contributed by atoms with Crippen LogP contribution in [0.15, 0.2) is 53.5 Å². The molecule has 3 N–H and O–H groups in total. The fourth-order valence-corrected chi connectivity index (χ4v) is 2.93. The second kappa shape index (κ2) is 9.55. The lowest BCUT2D eigenvalue weighted by Crippen LogP contribution is -2.21. The number of carboxylic acid groups (broad SMARTS) is 1. The Morgan fingerprint density at radius 3 is 2.45 bits per heavy atom. The summed E-state index contributed by atoms with van der Waals surface area (Å²) in [6.45, 7) is 4.13. The van der Waals surface area contributed by atoms with Gasteiger partial charge in [-0.3, -0.25) is 9.89 Å². The number of ether oxygens (including phenoxy) is 1. The molecule has 0 radical (unpaired) electrons. The SMILES string of the molecule is Cc1ccccc1OCc1nc2ccc(-c3cn[nH]c3C)cc2c(=O)[nH]1.O=C(O)C(F)(F)F. The highest BCUT2D eigenvalue weighted by Crippen LogP contribution is 2.24. The van der Waals surface area contributed by atoms with Crippen molar-refractivity contribution >= 4 is 16.9 Å². The van der Waals surface area contributed by atoms with Crippen molar-refractivity contribution in [1.82, 2.24) is 20.2 Å². The molecule has 0 fully saturated rings. The Morgan fingerprint density at radius 2 is 1.85 bits per heavy atom. The molecule has 2 aromatic heterocycles. The second-order valence-corrected chi connectivity index (χ2v) is 7.01. The summed E-state index contributed by atoms with van der Waals surface area (Å²) in [5.41, 5.74) is 4.36. The van der Waals surface area contributed by atoms with Crippen LogP contribution in [-0.2, 0) is 11.4 Å². The topological polar surface area (TPSA) is 121 Å². The Bertz CT molecular complexity index is 1350. The zero-order chi connectivity index (χ0) is 24.2. The normalized spacial score (nSPS) is 11.1. The van der Waals surface area contributed by atoms with E-state index in [4.69, 9.17) is 14.6 Å². The van der Waals surface area contributed by atoms with Crippen molar-refractivity contribution in [3.05, 3.63) is 76.1 Å². The van der Waals surface area contributed by atoms with Crippen molar-refractivity contribution in [1.29, 1.82) is 0 Å². The van der Waals surface area contributed by atoms with Crippen molar-refractivity contribution in [3.63, 3.8) is 0 Å². The number of hydrogen-bond acceptors (Lipinski definition) is 5. The summed E-state index contributed by atoms with van der Waals surface area (Å²) in [5, 5.41) is 14.6. The predicted molar refractivity (Wildman–Crippen MR) is 114 cm³/mol. The summed E-state index contributed by atoms with van der Waals surface area (Å²) in [7, 11) is 0. The molecule has 2 heterocycles. The molecule has 0 atom stereocenters. The molecule has 8 nitrogen and oxygen atoms in total. The molecule has 2 aromatic carbocycles. The van der Waals surface area contributed by atoms with Gasteiger partial charge >= 0.3 is 12.1 Å². The molecule has 0 aliphatic carbocycles. The van der Waals surface area contributed by atoms with Crippen LogP contribution in [0.3, 0.4) is 0 Å². The molecule has 0 bridgehead atoms. The Morgan fingerprint density at radius 1 is 1.15 bits per heavy atom. The van der Waals surface area contributed by atoms with Gasteiger partial charge in [-0.1, -0.05) is 24.3 Å². The molecule has 0 saturated heterocycles. The van der Waals surface area contributed by atoms with Gasteiger partial charge in [0.15, 0.2) is 0 Å². The Labute approximate surface area is 185 Å². The lowest BCUT2D eigenvalue weighted by molar-refractivity contribution is -0.192. The van der Waals surface area contributed by atoms with Crippen molar-refractivity contribution in [2.75, 3.05) is 0 Å². The number of nitrogens with one attached hydrogen (secondary N) is 2. The number of H-pyrrole nitrogens is 2. The molecule has 4 rings (SSSR count). The Hall–Kier alpha value is -4.15. The average molecular weight is 460 g/mol. The molecule has 0 aliphatic heterocycles. The summed E-state index contributed by atoms with van der Waals surface area (Å²) >= 11 is 0. The molecular weight excluding hydrogens is 441 g/mol. The van der Waals surface area contributed by atoms with Gasteiger partial charge in [0.2, 0.25) is 0 Å². The Kier molecular flexibility index (Phi) is 6.80. The van der Waals surface area contributed by atoms with Crippen LogP contribution in [0.25, 0.3) is 22.0 Å². The number of aromatic nitrogens is 4. The van der Waals surface area contributed by atoms with Gasteiger partial charge in [0.05, 0.1) is 17.1 Å². The number of aliphatic carboxylic acids is 1. The minimum absolute atomic E-state index is 0.179. The summed E-state index contributed by atoms with van der Waals surface area (Å²) in [5.74, 6) is -1.48. The molecule has 11 heteroatoms. The maximum Gasteiger partial charge on any atom is 0.490 e. The van der Waals surface area contributed by atoms with Gasteiger partial charge in [0.25, 0.3) is 5.56 Å². The van der Waals surface area contributed by atoms with Crippen LogP contribution < -0.4 is 10.3 Å². The fourth-order valence-electron chi connectivity index (χ4n) is 2.93. The van der Waals surface area contributed by atoms with Crippen LogP contribution >= 0.6 is 0 Å². The predicted octanol–water partition coefficient (Wildman–Crippen LogP) is 4.14. The first-order valence-corrected chi connectivity index (χ1v) is 9.58. The lowest BCUT2D eigenvalue weighted by Gasteiger charge is -2.09. The first-order valence-electron chi connectivity index (χ1n) is 9.58. The van der Waals surface area contributed by atoms with E-state index in [0.717, 1.165) is 28.1 Å². The number of aromatic amines is 2. The number of benzene rings is 2. The number of carbonyl (C=O) groups is 1. The van der Waals surface area contributed by atoms with E-state index in [1.54, 1.807) is 6.20 Å². The van der Waals surface area contributed by atoms with E-state index in [9.17, 15) is 18.0 Å². The van der Waals surface area contributed by atoms with Crippen molar-refractivity contribution in [2.45, 2.75) is 26.6 Å². The molecule has 0 saturated carbocycles. The van der Waals surface area contributed by atoms with Gasteiger partial charge in [-0.15, -0.1) is 0 Å². The van der Waals surface area contributed by atoms with E-state index < -0.39 is 12.1 Å². The molecule has 0 unspecified atom stereocenters. The number of aryl methyl sites for hydroxylation is 2. The van der Waals surface area contributed by atoms with Crippen molar-refractivity contribution in [2.24, 2.45) is 0 Å². The Balaban J connectivity index is 0.000000383. The van der Waals surface area contributed by atoms with Gasteiger partial charge in [-0.05, 0) is 43.2 Å². The highest BCUT2D eigenvalue weighted by Gasteiger charge is 2.38. The van der Waals surface area contributed by atoms with Crippen molar-refractivity contribution < 1.29 is 27.8 Å². The van der Waals surface area contributed by atoms with E-state index in [1.807, 2.05) is 56.3 Å². The number of rotatable bonds is 4. The van der Waals surface area contributed by atoms with Crippen LogP contribution in [-0.4, -0.2) is 37.4 Å². The van der Waals surface area contributed by atoms with Gasteiger partial charge in [-0.2, -0.15) is 18.3 Å². The first kappa shape index (κ1) is 23.5. The molecule has 172 valence electrons. The maximum absolute atomic E-state index is 12.5. The fraction of sp³-hybridized carbons (Fsp3) is 0.182. The van der Waals surface area contributed by atoms with Gasteiger partial charge in [0, 0.05) is 11.3 Å². The van der Waals surface area contributed by atoms with E-state index in [-0.39, 0.29) is 12.2 Å². The zero-order valence-corrected chi connectivity index (χ0v) is 17.5. The number of fused-ring (bicyclic) bond motifs is 1. The maximum atomic E-state index is 12.5. The molecule has 0 aliphatic rings. The number of halogens is 3. The third kappa shape index (κ3) is 5.76. The highest BCUT2D eigenvalue weighted by atomic mass is 19.4. The van der Waals surface area contributed by atoms with Gasteiger partial charge < -0.3 is 14.8 Å². The summed E-state index contributed by atoms with van der Waals surface area (Å²) in [4.78, 5) is 28.7. The van der Waals surface area contributed by atoms with Crippen LogP contribution in [0, 0.1) is 13.8 Å². The molecule has 0 spiro atoms. The first-order chi connectivity index (χ1) is 15.6. The molecular formula is C22H19F3N4O4. The smallest absolute Gasteiger partial charge is 0.485 e. The number of para-hydroxylation sites is 1. The number of alkyl halides is 3. The van der Waals surface area contributed by atoms with Gasteiger partial charge in [0.1, 0.15) is 18.2 Å². The average Bonchev–Trinajstić information content (AvgIpc) is 3.18. The zero-order valence-electron chi connectivity index (χ0n) is 17.5. The molecule has 4 aromatic rings. The number of carboxylic acids is 1. The van der Waals surface area contributed by atoms with E-state index in [0.29, 0.717) is 16.7 Å². The number of hydrogen-bond donors (Lipinski definition) is 3. The number of nitrogens with zero attached hydrogens (tertiary/aromatic N) is 2. The third-order valence-corrected chi connectivity index (χ3v) is 4.60.